The fraction of sp³-hybridized carbons (Fsp3) is 0.167. The van der Waals surface area contributed by atoms with Crippen LogP contribution in [0, 0.1) is 0 Å². The lowest BCUT2D eigenvalue weighted by Gasteiger charge is -2.22. The summed E-state index contributed by atoms with van der Waals surface area (Å²) in [6.45, 7) is 1.96. The van der Waals surface area contributed by atoms with E-state index in [1.54, 1.807) is 61.5 Å². The van der Waals surface area contributed by atoms with E-state index in [1.807, 2.05) is 0 Å². The quantitative estimate of drug-likeness (QED) is 0.402. The van der Waals surface area contributed by atoms with Crippen LogP contribution >= 0.6 is 23.2 Å². The van der Waals surface area contributed by atoms with Gasteiger partial charge >= 0.3 is 5.97 Å². The molecule has 0 saturated heterocycles. The number of hydrogen-bond donors (Lipinski definition) is 1. The molecule has 10 heteroatoms. The number of anilines is 2. The third kappa shape index (κ3) is 6.50. The van der Waals surface area contributed by atoms with Gasteiger partial charge in [0.1, 0.15) is 0 Å². The maximum atomic E-state index is 12.7. The predicted octanol–water partition coefficient (Wildman–Crippen LogP) is 5.39. The second-order valence-electron chi connectivity index (χ2n) is 7.32. The Bertz CT molecular complexity index is 1310. The highest BCUT2D eigenvalue weighted by molar-refractivity contribution is 7.92. The van der Waals surface area contributed by atoms with Crippen molar-refractivity contribution in [3.63, 3.8) is 0 Å². The van der Waals surface area contributed by atoms with Crippen LogP contribution in [0.5, 0.6) is 0 Å². The summed E-state index contributed by atoms with van der Waals surface area (Å²) in [4.78, 5) is 24.7. The average molecular weight is 521 g/mol. The fourth-order valence-electron chi connectivity index (χ4n) is 3.13. The number of ether oxygens (including phenoxy) is 1. The summed E-state index contributed by atoms with van der Waals surface area (Å²) >= 11 is 12.1. The van der Waals surface area contributed by atoms with Crippen LogP contribution in [-0.4, -0.2) is 33.2 Å². The molecule has 0 fully saturated rings. The van der Waals surface area contributed by atoms with Gasteiger partial charge in [-0.25, -0.2) is 13.2 Å². The lowest BCUT2D eigenvalue weighted by Crippen LogP contribution is -2.29. The van der Waals surface area contributed by atoms with Crippen LogP contribution in [-0.2, 0) is 21.3 Å². The number of carbonyl (C=O) groups excluding carboxylic acids is 2. The van der Waals surface area contributed by atoms with E-state index >= 15 is 0 Å². The molecule has 1 N–H and O–H groups in total. The number of nitrogens with zero attached hydrogens (tertiary/aromatic N) is 1. The highest BCUT2D eigenvalue weighted by atomic mass is 35.5. The molecule has 0 aliphatic heterocycles. The van der Waals surface area contributed by atoms with Gasteiger partial charge in [0.25, 0.3) is 5.91 Å². The highest BCUT2D eigenvalue weighted by Gasteiger charge is 2.19. The van der Waals surface area contributed by atoms with Crippen molar-refractivity contribution in [2.24, 2.45) is 0 Å². The van der Waals surface area contributed by atoms with Crippen molar-refractivity contribution in [2.75, 3.05) is 22.5 Å². The van der Waals surface area contributed by atoms with Crippen molar-refractivity contribution >= 4 is 56.5 Å². The molecular weight excluding hydrogens is 499 g/mol. The minimum absolute atomic E-state index is 0.0706. The van der Waals surface area contributed by atoms with E-state index in [0.29, 0.717) is 27.5 Å². The van der Waals surface area contributed by atoms with Gasteiger partial charge in [0.2, 0.25) is 10.0 Å². The molecule has 178 valence electrons. The van der Waals surface area contributed by atoms with Gasteiger partial charge in [0, 0.05) is 16.3 Å². The SMILES string of the molecule is CCOC(=O)c1cc(NC(=O)c2ccc(CN(c3cccc(Cl)c3)S(C)(=O)=O)cc2)ccc1Cl. The molecule has 0 radical (unpaired) electrons. The van der Waals surface area contributed by atoms with Gasteiger partial charge in [-0.1, -0.05) is 41.4 Å². The molecule has 0 aromatic heterocycles. The molecule has 0 spiro atoms. The molecule has 0 heterocycles. The van der Waals surface area contributed by atoms with E-state index in [2.05, 4.69) is 5.32 Å². The van der Waals surface area contributed by atoms with Gasteiger partial charge in [-0.2, -0.15) is 0 Å². The normalized spacial score (nSPS) is 11.1. The first-order valence-corrected chi connectivity index (χ1v) is 12.8. The minimum atomic E-state index is -3.57. The van der Waals surface area contributed by atoms with Gasteiger partial charge in [-0.15, -0.1) is 0 Å². The van der Waals surface area contributed by atoms with Crippen molar-refractivity contribution in [1.82, 2.24) is 0 Å². The number of esters is 1. The lowest BCUT2D eigenvalue weighted by molar-refractivity contribution is 0.0526. The molecule has 3 rings (SSSR count). The number of halogens is 2. The molecule has 7 nitrogen and oxygen atoms in total. The van der Waals surface area contributed by atoms with Gasteiger partial charge < -0.3 is 10.1 Å². The van der Waals surface area contributed by atoms with E-state index in [9.17, 15) is 18.0 Å². The minimum Gasteiger partial charge on any atom is -0.462 e. The van der Waals surface area contributed by atoms with Gasteiger partial charge in [-0.05, 0) is 61.0 Å². The van der Waals surface area contributed by atoms with Crippen molar-refractivity contribution in [3.8, 4) is 0 Å². The zero-order valence-electron chi connectivity index (χ0n) is 18.4. The van der Waals surface area contributed by atoms with Crippen LogP contribution in [0.25, 0.3) is 0 Å². The first-order valence-electron chi connectivity index (χ1n) is 10.2. The Morgan fingerprint density at radius 1 is 1.00 bits per heavy atom. The third-order valence-electron chi connectivity index (χ3n) is 4.76. The Morgan fingerprint density at radius 3 is 2.32 bits per heavy atom. The van der Waals surface area contributed by atoms with Gasteiger partial charge in [-0.3, -0.25) is 9.10 Å². The maximum absolute atomic E-state index is 12.7. The van der Waals surface area contributed by atoms with Crippen LogP contribution < -0.4 is 9.62 Å². The predicted molar refractivity (Wildman–Crippen MR) is 134 cm³/mol. The summed E-state index contributed by atoms with van der Waals surface area (Å²) in [6, 6.07) is 17.6. The third-order valence-corrected chi connectivity index (χ3v) is 6.46. The van der Waals surface area contributed by atoms with Crippen molar-refractivity contribution in [3.05, 3.63) is 93.5 Å². The number of nitrogens with one attached hydrogen (secondary N) is 1. The molecule has 0 aliphatic rings. The van der Waals surface area contributed by atoms with Crippen molar-refractivity contribution in [2.45, 2.75) is 13.5 Å². The Balaban J connectivity index is 1.76. The summed E-state index contributed by atoms with van der Waals surface area (Å²) in [7, 11) is -3.57. The monoisotopic (exact) mass is 520 g/mol. The number of carbonyl (C=O) groups is 2. The summed E-state index contributed by atoms with van der Waals surface area (Å²) in [6.07, 6.45) is 1.12. The average Bonchev–Trinajstić information content (AvgIpc) is 2.78. The summed E-state index contributed by atoms with van der Waals surface area (Å²) in [5, 5.41) is 3.35. The van der Waals surface area contributed by atoms with Crippen LogP contribution in [0.15, 0.2) is 66.7 Å². The number of sulfonamides is 1. The number of rotatable bonds is 8. The first-order chi connectivity index (χ1) is 16.1. The van der Waals surface area contributed by atoms with Crippen LogP contribution in [0.3, 0.4) is 0 Å². The fourth-order valence-corrected chi connectivity index (χ4v) is 4.39. The van der Waals surface area contributed by atoms with E-state index < -0.39 is 21.9 Å². The van der Waals surface area contributed by atoms with E-state index in [-0.39, 0.29) is 23.7 Å². The van der Waals surface area contributed by atoms with Crippen LogP contribution in [0.4, 0.5) is 11.4 Å². The molecule has 0 atom stereocenters. The van der Waals surface area contributed by atoms with Gasteiger partial charge in [0.15, 0.2) is 0 Å². The Labute approximate surface area is 208 Å². The number of hydrogen-bond acceptors (Lipinski definition) is 5. The van der Waals surface area contributed by atoms with Crippen LogP contribution in [0.2, 0.25) is 10.0 Å². The van der Waals surface area contributed by atoms with E-state index in [0.717, 1.165) is 6.26 Å². The maximum Gasteiger partial charge on any atom is 0.339 e. The largest absolute Gasteiger partial charge is 0.462 e. The summed E-state index contributed by atoms with van der Waals surface area (Å²) < 4.78 is 30.9. The molecule has 34 heavy (non-hydrogen) atoms. The molecule has 0 unspecified atom stereocenters. The zero-order valence-corrected chi connectivity index (χ0v) is 20.7. The highest BCUT2D eigenvalue weighted by Crippen LogP contribution is 2.25. The molecular formula is C24H22Cl2N2O5S. The molecule has 0 bridgehead atoms. The topological polar surface area (TPSA) is 92.8 Å². The molecule has 3 aromatic carbocycles. The Kier molecular flexibility index (Phi) is 8.19. The van der Waals surface area contributed by atoms with Crippen molar-refractivity contribution < 1.29 is 22.7 Å². The zero-order chi connectivity index (χ0) is 24.9. The second-order valence-corrected chi connectivity index (χ2v) is 10.1. The summed E-state index contributed by atoms with van der Waals surface area (Å²) in [5.41, 5.74) is 2.00. The molecule has 3 aromatic rings. The van der Waals surface area contributed by atoms with Crippen LogP contribution in [0.1, 0.15) is 33.2 Å². The smallest absolute Gasteiger partial charge is 0.339 e. The Morgan fingerprint density at radius 2 is 1.71 bits per heavy atom. The summed E-state index contributed by atoms with van der Waals surface area (Å²) in [5.74, 6) is -0.985. The van der Waals surface area contributed by atoms with E-state index in [4.69, 9.17) is 27.9 Å². The second kappa shape index (κ2) is 10.9. The van der Waals surface area contributed by atoms with Gasteiger partial charge in [0.05, 0.1) is 35.7 Å². The first kappa shape index (κ1) is 25.6. The van der Waals surface area contributed by atoms with Crippen molar-refractivity contribution in [1.29, 1.82) is 0 Å². The lowest BCUT2D eigenvalue weighted by atomic mass is 10.1. The standard InChI is InChI=1S/C24H22Cl2N2O5S/c1-3-33-24(30)21-14-19(11-12-22(21)26)27-23(29)17-9-7-16(8-10-17)15-28(34(2,31)32)20-6-4-5-18(25)13-20/h4-14H,3,15H2,1-2H3,(H,27,29). The number of amides is 1. The molecule has 0 aliphatic carbocycles. The molecule has 1 amide bonds. The Hall–Kier alpha value is -3.07. The number of benzene rings is 3. The molecule has 0 saturated carbocycles. The van der Waals surface area contributed by atoms with E-state index in [1.165, 1.54) is 16.4 Å².